The van der Waals surface area contributed by atoms with Crippen LogP contribution in [0.3, 0.4) is 0 Å². The molecule has 11 heteroatoms. The van der Waals surface area contributed by atoms with Crippen molar-refractivity contribution in [2.45, 2.75) is 77.1 Å². The quantitative estimate of drug-likeness (QED) is 0.385. The first-order chi connectivity index (χ1) is 16.5. The average Bonchev–Trinajstić information content (AvgIpc) is 3.26. The Morgan fingerprint density at radius 2 is 1.94 bits per heavy atom. The largest absolute Gasteiger partial charge is 0.481 e. The maximum atomic E-state index is 13.1. The highest BCUT2D eigenvalue weighted by molar-refractivity contribution is 7.09. The van der Waals surface area contributed by atoms with Gasteiger partial charge in [-0.05, 0) is 55.2 Å². The van der Waals surface area contributed by atoms with E-state index in [0.29, 0.717) is 23.1 Å². The molecule has 1 aliphatic carbocycles. The number of hydrogen-bond donors (Lipinski definition) is 2. The molecule has 0 saturated heterocycles. The van der Waals surface area contributed by atoms with Crippen molar-refractivity contribution in [1.82, 2.24) is 9.36 Å². The lowest BCUT2D eigenvalue weighted by Gasteiger charge is -2.40. The fourth-order valence-electron chi connectivity index (χ4n) is 4.53. The third kappa shape index (κ3) is 7.30. The van der Waals surface area contributed by atoms with Crippen LogP contribution in [-0.2, 0) is 15.7 Å². The zero-order valence-corrected chi connectivity index (χ0v) is 21.2. The molecule has 194 valence electrons. The van der Waals surface area contributed by atoms with Crippen LogP contribution in [0, 0.1) is 5.92 Å². The second kappa shape index (κ2) is 11.6. The fraction of sp³-hybridized carbons (Fsp3) is 0.625. The maximum Gasteiger partial charge on any atom is 0.452 e. The van der Waals surface area contributed by atoms with Crippen molar-refractivity contribution in [2.75, 3.05) is 23.9 Å². The number of carboxylic acids is 1. The number of alkyl halides is 3. The summed E-state index contributed by atoms with van der Waals surface area (Å²) in [7, 11) is 1.73. The predicted octanol–water partition coefficient (Wildman–Crippen LogP) is 6.30. The highest BCUT2D eigenvalue weighted by atomic mass is 32.1. The standard InChI is InChI=1S/C24H33F3N4O3S/c1-14(2)13-31(17-6-8-18(34-4)9-7-17)20-10-5-16(15(3)11-21(32)33)12-19(20)28-23-29-22(30-35-23)24(25,26)27/h5,10,12,14-15,17-18H,6-9,11,13H2,1-4H3,(H,32,33)(H,28,29,30)/t15-,17-,18+/m1/s1. The Hall–Kier alpha value is -2.40. The number of benzene rings is 1. The SMILES string of the molecule is CO[C@H]1CC[C@@H](N(CC(C)C)c2ccc([C@H](C)CC(=O)O)cc2Nc2nc(C(F)(F)F)ns2)CC1. The van der Waals surface area contributed by atoms with Gasteiger partial charge < -0.3 is 20.1 Å². The number of anilines is 3. The van der Waals surface area contributed by atoms with Crippen molar-refractivity contribution in [3.05, 3.63) is 29.6 Å². The molecule has 0 bridgehead atoms. The van der Waals surface area contributed by atoms with E-state index >= 15 is 0 Å². The zero-order valence-electron chi connectivity index (χ0n) is 20.4. The number of ether oxygens (including phenoxy) is 1. The van der Waals surface area contributed by atoms with Gasteiger partial charge in [-0.25, -0.2) is 0 Å². The van der Waals surface area contributed by atoms with Gasteiger partial charge in [-0.3, -0.25) is 4.79 Å². The Morgan fingerprint density at radius 3 is 2.49 bits per heavy atom. The molecule has 0 spiro atoms. The van der Waals surface area contributed by atoms with E-state index in [9.17, 15) is 23.1 Å². The van der Waals surface area contributed by atoms with Gasteiger partial charge in [0, 0.05) is 31.2 Å². The molecule has 2 N–H and O–H groups in total. The lowest BCUT2D eigenvalue weighted by molar-refractivity contribution is -0.144. The van der Waals surface area contributed by atoms with Crippen molar-refractivity contribution in [1.29, 1.82) is 0 Å². The third-order valence-corrected chi connectivity index (χ3v) is 6.91. The second-order valence-corrected chi connectivity index (χ2v) is 10.3. The average molecular weight is 515 g/mol. The van der Waals surface area contributed by atoms with Gasteiger partial charge in [0.25, 0.3) is 0 Å². The van der Waals surface area contributed by atoms with E-state index in [2.05, 4.69) is 33.4 Å². The van der Waals surface area contributed by atoms with Gasteiger partial charge in [0.15, 0.2) is 0 Å². The summed E-state index contributed by atoms with van der Waals surface area (Å²) >= 11 is 0.648. The van der Waals surface area contributed by atoms with Crippen molar-refractivity contribution < 1.29 is 27.8 Å². The first kappa shape index (κ1) is 27.2. The summed E-state index contributed by atoms with van der Waals surface area (Å²) in [6, 6.07) is 5.92. The summed E-state index contributed by atoms with van der Waals surface area (Å²) in [5, 5.41) is 12.3. The molecular formula is C24H33F3N4O3S. The van der Waals surface area contributed by atoms with Crippen LogP contribution in [0.25, 0.3) is 0 Å². The van der Waals surface area contributed by atoms with Crippen LogP contribution in [0.1, 0.15) is 70.2 Å². The summed E-state index contributed by atoms with van der Waals surface area (Å²) in [5.41, 5.74) is 2.24. The molecule has 1 aromatic carbocycles. The van der Waals surface area contributed by atoms with E-state index in [1.54, 1.807) is 7.11 Å². The van der Waals surface area contributed by atoms with E-state index < -0.39 is 18.0 Å². The number of aliphatic carboxylic acids is 1. The number of aromatic nitrogens is 2. The predicted molar refractivity (Wildman–Crippen MR) is 131 cm³/mol. The molecule has 7 nitrogen and oxygen atoms in total. The molecule has 1 heterocycles. The van der Waals surface area contributed by atoms with Crippen LogP contribution < -0.4 is 10.2 Å². The van der Waals surface area contributed by atoms with Gasteiger partial charge in [0.2, 0.25) is 11.0 Å². The van der Waals surface area contributed by atoms with Crippen LogP contribution in [0.4, 0.5) is 29.7 Å². The normalized spacial score (nSPS) is 19.5. The van der Waals surface area contributed by atoms with E-state index in [-0.39, 0.29) is 29.6 Å². The molecule has 1 atom stereocenters. The summed E-state index contributed by atoms with van der Waals surface area (Å²) in [5.74, 6) is -2.00. The molecular weight excluding hydrogens is 481 g/mol. The van der Waals surface area contributed by atoms with E-state index in [1.807, 2.05) is 25.1 Å². The lowest BCUT2D eigenvalue weighted by Crippen LogP contribution is -2.41. The van der Waals surface area contributed by atoms with Gasteiger partial charge in [-0.15, -0.1) is 0 Å². The van der Waals surface area contributed by atoms with Crippen LogP contribution in [0.15, 0.2) is 18.2 Å². The molecule has 1 aromatic heterocycles. The number of hydrogen-bond acceptors (Lipinski definition) is 7. The summed E-state index contributed by atoms with van der Waals surface area (Å²) < 4.78 is 48.2. The molecule has 0 amide bonds. The topological polar surface area (TPSA) is 87.6 Å². The minimum atomic E-state index is -4.62. The Morgan fingerprint density at radius 1 is 1.26 bits per heavy atom. The Balaban J connectivity index is 1.99. The Bertz CT molecular complexity index is 991. The van der Waals surface area contributed by atoms with Crippen molar-refractivity contribution >= 4 is 34.0 Å². The Labute approximate surface area is 207 Å². The fourth-order valence-corrected chi connectivity index (χ4v) is 5.13. The van der Waals surface area contributed by atoms with Crippen LogP contribution >= 0.6 is 11.5 Å². The van der Waals surface area contributed by atoms with Crippen LogP contribution in [0.5, 0.6) is 0 Å². The zero-order chi connectivity index (χ0) is 25.8. The number of nitrogens with zero attached hydrogens (tertiary/aromatic N) is 3. The highest BCUT2D eigenvalue weighted by Crippen LogP contribution is 2.38. The molecule has 0 aliphatic heterocycles. The third-order valence-electron chi connectivity index (χ3n) is 6.28. The van der Waals surface area contributed by atoms with Crippen molar-refractivity contribution in [3.63, 3.8) is 0 Å². The Kier molecular flexibility index (Phi) is 8.98. The smallest absolute Gasteiger partial charge is 0.452 e. The van der Waals surface area contributed by atoms with Gasteiger partial charge in [0.1, 0.15) is 0 Å². The summed E-state index contributed by atoms with van der Waals surface area (Å²) in [4.78, 5) is 17.2. The molecule has 1 aliphatic rings. The first-order valence-corrected chi connectivity index (χ1v) is 12.6. The van der Waals surface area contributed by atoms with Gasteiger partial charge in [-0.2, -0.15) is 22.5 Å². The monoisotopic (exact) mass is 514 g/mol. The number of rotatable bonds is 10. The van der Waals surface area contributed by atoms with E-state index in [4.69, 9.17) is 4.74 Å². The minimum Gasteiger partial charge on any atom is -0.481 e. The van der Waals surface area contributed by atoms with Gasteiger partial charge in [-0.1, -0.05) is 26.8 Å². The molecule has 1 saturated carbocycles. The lowest BCUT2D eigenvalue weighted by atomic mass is 9.90. The maximum absolute atomic E-state index is 13.1. The van der Waals surface area contributed by atoms with E-state index in [0.717, 1.165) is 43.5 Å². The highest BCUT2D eigenvalue weighted by Gasteiger charge is 2.36. The second-order valence-electron chi connectivity index (χ2n) is 9.53. The molecule has 35 heavy (non-hydrogen) atoms. The molecule has 0 unspecified atom stereocenters. The van der Waals surface area contributed by atoms with Crippen molar-refractivity contribution in [2.24, 2.45) is 5.92 Å². The van der Waals surface area contributed by atoms with Gasteiger partial charge >= 0.3 is 12.1 Å². The summed E-state index contributed by atoms with van der Waals surface area (Å²) in [6.45, 7) is 6.84. The first-order valence-electron chi connectivity index (χ1n) is 11.8. The molecule has 0 radical (unpaired) electrons. The number of halogens is 3. The minimum absolute atomic E-state index is 0.0363. The van der Waals surface area contributed by atoms with E-state index in [1.165, 1.54) is 0 Å². The summed E-state index contributed by atoms with van der Waals surface area (Å²) in [6.07, 6.45) is -0.661. The molecule has 3 rings (SSSR count). The van der Waals surface area contributed by atoms with Crippen LogP contribution in [-0.4, -0.2) is 46.2 Å². The van der Waals surface area contributed by atoms with Crippen molar-refractivity contribution in [3.8, 4) is 0 Å². The molecule has 1 fully saturated rings. The number of methoxy groups -OCH3 is 1. The van der Waals surface area contributed by atoms with Gasteiger partial charge in [0.05, 0.1) is 23.9 Å². The number of nitrogens with one attached hydrogen (secondary N) is 1. The molecule has 2 aromatic rings. The number of carbonyl (C=O) groups is 1. The van der Waals surface area contributed by atoms with Crippen LogP contribution in [0.2, 0.25) is 0 Å². The number of carboxylic acid groups (broad SMARTS) is 1.